The molecule has 1 N–H and O–H groups in total. The first-order valence-electron chi connectivity index (χ1n) is 7.38. The summed E-state index contributed by atoms with van der Waals surface area (Å²) in [6, 6.07) is 4.83. The molecule has 0 radical (unpaired) electrons. The van der Waals surface area contributed by atoms with Gasteiger partial charge in [-0.1, -0.05) is 0 Å². The molecule has 0 bridgehead atoms. The monoisotopic (exact) mass is 262 g/mol. The van der Waals surface area contributed by atoms with Crippen LogP contribution in [-0.2, 0) is 11.2 Å². The van der Waals surface area contributed by atoms with Crippen LogP contribution in [0.25, 0.3) is 0 Å². The van der Waals surface area contributed by atoms with Crippen LogP contribution < -0.4 is 5.32 Å². The van der Waals surface area contributed by atoms with Crippen LogP contribution in [0, 0.1) is 0 Å². The standard InChI is InChI=1S/C15H22N2O2/c18-15(8-7-14-4-2-10-19-14)17(13-5-6-13)11-12-3-1-9-16-12/h2,4,10,12-13,16H,1,3,5-9,11H2. The normalized spacial score (nSPS) is 22.6. The van der Waals surface area contributed by atoms with E-state index in [1.807, 2.05) is 12.1 Å². The van der Waals surface area contributed by atoms with E-state index >= 15 is 0 Å². The zero-order valence-corrected chi connectivity index (χ0v) is 11.3. The van der Waals surface area contributed by atoms with Gasteiger partial charge in [0, 0.05) is 31.5 Å². The Kier molecular flexibility index (Phi) is 3.87. The molecule has 2 heterocycles. The van der Waals surface area contributed by atoms with Gasteiger partial charge in [0.25, 0.3) is 0 Å². The summed E-state index contributed by atoms with van der Waals surface area (Å²) in [6.45, 7) is 1.99. The zero-order chi connectivity index (χ0) is 13.1. The topological polar surface area (TPSA) is 45.5 Å². The number of nitrogens with one attached hydrogen (secondary N) is 1. The lowest BCUT2D eigenvalue weighted by Crippen LogP contribution is -2.42. The Hall–Kier alpha value is -1.29. The van der Waals surface area contributed by atoms with Crippen molar-refractivity contribution in [2.24, 2.45) is 0 Å². The lowest BCUT2D eigenvalue weighted by Gasteiger charge is -2.25. The molecular formula is C15H22N2O2. The van der Waals surface area contributed by atoms with Crippen LogP contribution in [0.1, 0.15) is 37.9 Å². The van der Waals surface area contributed by atoms with Crippen molar-refractivity contribution in [2.45, 2.75) is 50.6 Å². The minimum Gasteiger partial charge on any atom is -0.469 e. The molecule has 1 aromatic rings. The second-order valence-electron chi connectivity index (χ2n) is 5.65. The molecule has 19 heavy (non-hydrogen) atoms. The number of nitrogens with zero attached hydrogens (tertiary/aromatic N) is 1. The summed E-state index contributed by atoms with van der Waals surface area (Å²) < 4.78 is 5.29. The van der Waals surface area contributed by atoms with Gasteiger partial charge in [0.05, 0.1) is 6.26 Å². The molecule has 0 spiro atoms. The molecule has 3 rings (SSSR count). The van der Waals surface area contributed by atoms with Gasteiger partial charge in [0.2, 0.25) is 5.91 Å². The number of aryl methyl sites for hydroxylation is 1. The molecule has 4 heteroatoms. The molecule has 1 aliphatic carbocycles. The number of hydrogen-bond donors (Lipinski definition) is 1. The van der Waals surface area contributed by atoms with E-state index in [-0.39, 0.29) is 5.91 Å². The van der Waals surface area contributed by atoms with E-state index in [0.717, 1.165) is 18.8 Å². The maximum atomic E-state index is 12.4. The number of amides is 1. The fourth-order valence-corrected chi connectivity index (χ4v) is 2.82. The third-order valence-electron chi connectivity index (χ3n) is 4.05. The van der Waals surface area contributed by atoms with Gasteiger partial charge in [-0.05, 0) is 44.4 Å². The molecular weight excluding hydrogens is 240 g/mol. The SMILES string of the molecule is O=C(CCc1ccco1)N(CC1CCCN1)C1CC1. The highest BCUT2D eigenvalue weighted by Gasteiger charge is 2.34. The molecule has 2 aliphatic rings. The van der Waals surface area contributed by atoms with Crippen LogP contribution in [-0.4, -0.2) is 36.0 Å². The van der Waals surface area contributed by atoms with Crippen LogP contribution in [0.3, 0.4) is 0 Å². The van der Waals surface area contributed by atoms with E-state index in [0.29, 0.717) is 24.9 Å². The number of carbonyl (C=O) groups is 1. The molecule has 1 saturated heterocycles. The zero-order valence-electron chi connectivity index (χ0n) is 11.3. The molecule has 1 atom stereocenters. The van der Waals surface area contributed by atoms with E-state index < -0.39 is 0 Å². The number of furan rings is 1. The van der Waals surface area contributed by atoms with Gasteiger partial charge in [0.1, 0.15) is 5.76 Å². The predicted octanol–water partition coefficient (Wildman–Crippen LogP) is 1.96. The van der Waals surface area contributed by atoms with Crippen molar-refractivity contribution in [1.29, 1.82) is 0 Å². The summed E-state index contributed by atoms with van der Waals surface area (Å²) in [5.41, 5.74) is 0. The number of rotatable bonds is 6. The Morgan fingerprint density at radius 3 is 2.95 bits per heavy atom. The minimum absolute atomic E-state index is 0.285. The fraction of sp³-hybridized carbons (Fsp3) is 0.667. The van der Waals surface area contributed by atoms with Crippen LogP contribution in [0.5, 0.6) is 0 Å². The summed E-state index contributed by atoms with van der Waals surface area (Å²) in [4.78, 5) is 14.5. The van der Waals surface area contributed by atoms with E-state index in [9.17, 15) is 4.79 Å². The largest absolute Gasteiger partial charge is 0.469 e. The predicted molar refractivity (Wildman–Crippen MR) is 72.8 cm³/mol. The summed E-state index contributed by atoms with van der Waals surface area (Å²) in [5.74, 6) is 1.19. The van der Waals surface area contributed by atoms with Crippen molar-refractivity contribution in [1.82, 2.24) is 10.2 Å². The first kappa shape index (κ1) is 12.7. The van der Waals surface area contributed by atoms with Crippen molar-refractivity contribution < 1.29 is 9.21 Å². The Morgan fingerprint density at radius 2 is 2.32 bits per heavy atom. The Bertz CT molecular complexity index is 406. The number of hydrogen-bond acceptors (Lipinski definition) is 3. The Balaban J connectivity index is 1.52. The first-order chi connectivity index (χ1) is 9.33. The summed E-state index contributed by atoms with van der Waals surface area (Å²) in [7, 11) is 0. The molecule has 1 amide bonds. The van der Waals surface area contributed by atoms with E-state index in [1.165, 1.54) is 25.7 Å². The van der Waals surface area contributed by atoms with E-state index in [4.69, 9.17) is 4.42 Å². The quantitative estimate of drug-likeness (QED) is 0.852. The van der Waals surface area contributed by atoms with Gasteiger partial charge in [-0.25, -0.2) is 0 Å². The van der Waals surface area contributed by atoms with Crippen LogP contribution in [0.2, 0.25) is 0 Å². The van der Waals surface area contributed by atoms with Gasteiger partial charge < -0.3 is 14.6 Å². The molecule has 1 aromatic heterocycles. The van der Waals surface area contributed by atoms with Gasteiger partial charge in [-0.3, -0.25) is 4.79 Å². The van der Waals surface area contributed by atoms with E-state index in [1.54, 1.807) is 6.26 Å². The maximum Gasteiger partial charge on any atom is 0.223 e. The molecule has 1 unspecified atom stereocenters. The summed E-state index contributed by atoms with van der Waals surface area (Å²) in [6.07, 6.45) is 7.75. The van der Waals surface area contributed by atoms with Crippen molar-refractivity contribution in [2.75, 3.05) is 13.1 Å². The molecule has 2 fully saturated rings. The fourth-order valence-electron chi connectivity index (χ4n) is 2.82. The first-order valence-corrected chi connectivity index (χ1v) is 7.38. The highest BCUT2D eigenvalue weighted by Crippen LogP contribution is 2.28. The van der Waals surface area contributed by atoms with E-state index in [2.05, 4.69) is 10.2 Å². The number of carbonyl (C=O) groups excluding carboxylic acids is 1. The minimum atomic E-state index is 0.285. The second kappa shape index (κ2) is 5.78. The smallest absolute Gasteiger partial charge is 0.223 e. The second-order valence-corrected chi connectivity index (χ2v) is 5.65. The van der Waals surface area contributed by atoms with Crippen molar-refractivity contribution in [3.63, 3.8) is 0 Å². The lowest BCUT2D eigenvalue weighted by molar-refractivity contribution is -0.132. The molecule has 104 valence electrons. The molecule has 4 nitrogen and oxygen atoms in total. The third kappa shape index (κ3) is 3.38. The van der Waals surface area contributed by atoms with Gasteiger partial charge in [0.15, 0.2) is 0 Å². The highest BCUT2D eigenvalue weighted by molar-refractivity contribution is 5.77. The Morgan fingerprint density at radius 1 is 1.42 bits per heavy atom. The Labute approximate surface area is 114 Å². The lowest BCUT2D eigenvalue weighted by atomic mass is 10.2. The van der Waals surface area contributed by atoms with Crippen molar-refractivity contribution in [3.05, 3.63) is 24.2 Å². The van der Waals surface area contributed by atoms with Crippen molar-refractivity contribution >= 4 is 5.91 Å². The van der Waals surface area contributed by atoms with Crippen LogP contribution in [0.15, 0.2) is 22.8 Å². The van der Waals surface area contributed by atoms with Gasteiger partial charge >= 0.3 is 0 Å². The average Bonchev–Trinajstić information content (AvgIpc) is 2.94. The van der Waals surface area contributed by atoms with Gasteiger partial charge in [-0.2, -0.15) is 0 Å². The molecule has 0 aromatic carbocycles. The van der Waals surface area contributed by atoms with Crippen LogP contribution in [0.4, 0.5) is 0 Å². The third-order valence-corrected chi connectivity index (χ3v) is 4.05. The maximum absolute atomic E-state index is 12.4. The van der Waals surface area contributed by atoms with Gasteiger partial charge in [-0.15, -0.1) is 0 Å². The van der Waals surface area contributed by atoms with Crippen molar-refractivity contribution in [3.8, 4) is 0 Å². The summed E-state index contributed by atoms with van der Waals surface area (Å²) in [5, 5.41) is 3.48. The average molecular weight is 262 g/mol. The van der Waals surface area contributed by atoms with Crippen LogP contribution >= 0.6 is 0 Å². The summed E-state index contributed by atoms with van der Waals surface area (Å²) >= 11 is 0. The molecule has 1 saturated carbocycles. The molecule has 1 aliphatic heterocycles. The highest BCUT2D eigenvalue weighted by atomic mass is 16.3.